The van der Waals surface area contributed by atoms with Gasteiger partial charge in [0.1, 0.15) is 12.4 Å². The van der Waals surface area contributed by atoms with Gasteiger partial charge < -0.3 is 14.2 Å². The summed E-state index contributed by atoms with van der Waals surface area (Å²) in [6, 6.07) is 12.9. The molecular weight excluding hydrogens is 373 g/mol. The van der Waals surface area contributed by atoms with E-state index in [4.69, 9.17) is 0 Å². The van der Waals surface area contributed by atoms with Crippen molar-refractivity contribution in [2.45, 2.75) is 20.0 Å². The van der Waals surface area contributed by atoms with Crippen LogP contribution in [-0.2, 0) is 17.9 Å². The highest BCUT2D eigenvalue weighted by molar-refractivity contribution is 5.98. The topological polar surface area (TPSA) is 77.1 Å². The lowest BCUT2D eigenvalue weighted by Crippen LogP contribution is -2.19. The molecule has 4 rings (SSSR count). The number of aliphatic carboxylic acids is 1. The molecule has 0 aliphatic rings. The van der Waals surface area contributed by atoms with Crippen molar-refractivity contribution in [3.05, 3.63) is 88.5 Å². The van der Waals surface area contributed by atoms with E-state index in [9.17, 15) is 19.1 Å². The van der Waals surface area contributed by atoms with Crippen LogP contribution in [0.15, 0.2) is 65.7 Å². The maximum atomic E-state index is 14.0. The molecule has 7 heteroatoms. The Labute approximate surface area is 165 Å². The zero-order chi connectivity index (χ0) is 20.5. The Balaban J connectivity index is 1.90. The third kappa shape index (κ3) is 3.54. The number of nitrogens with zero attached hydrogens (tertiary/aromatic N) is 3. The highest BCUT2D eigenvalue weighted by atomic mass is 19.1. The van der Waals surface area contributed by atoms with E-state index in [0.29, 0.717) is 34.3 Å². The maximum absolute atomic E-state index is 14.0. The molecule has 0 spiro atoms. The lowest BCUT2D eigenvalue weighted by molar-refractivity contribution is -0.137. The van der Waals surface area contributed by atoms with E-state index in [-0.39, 0.29) is 12.1 Å². The number of benzene rings is 1. The van der Waals surface area contributed by atoms with Gasteiger partial charge in [-0.3, -0.25) is 14.6 Å². The summed E-state index contributed by atoms with van der Waals surface area (Å²) >= 11 is 0. The molecule has 0 saturated carbocycles. The quantitative estimate of drug-likeness (QED) is 0.565. The van der Waals surface area contributed by atoms with Crippen LogP contribution in [0.1, 0.15) is 11.4 Å². The fourth-order valence-corrected chi connectivity index (χ4v) is 3.63. The third-order valence-corrected chi connectivity index (χ3v) is 4.91. The summed E-state index contributed by atoms with van der Waals surface area (Å²) in [5.74, 6) is -1.39. The minimum Gasteiger partial charge on any atom is -0.480 e. The van der Waals surface area contributed by atoms with Crippen LogP contribution >= 0.6 is 0 Å². The van der Waals surface area contributed by atoms with E-state index in [2.05, 4.69) is 4.98 Å². The van der Waals surface area contributed by atoms with Gasteiger partial charge in [-0.15, -0.1) is 0 Å². The van der Waals surface area contributed by atoms with Crippen LogP contribution in [0, 0.1) is 12.7 Å². The van der Waals surface area contributed by atoms with Gasteiger partial charge in [-0.25, -0.2) is 4.39 Å². The second kappa shape index (κ2) is 7.35. The first kappa shape index (κ1) is 18.6. The molecule has 0 amide bonds. The number of rotatable bonds is 5. The minimum absolute atomic E-state index is 0.183. The fourth-order valence-electron chi connectivity index (χ4n) is 3.63. The molecule has 0 aliphatic heterocycles. The molecular formula is C22H18FN3O3. The van der Waals surface area contributed by atoms with E-state index in [1.165, 1.54) is 22.8 Å². The first-order valence-electron chi connectivity index (χ1n) is 9.05. The maximum Gasteiger partial charge on any atom is 0.323 e. The molecule has 0 bridgehead atoms. The zero-order valence-corrected chi connectivity index (χ0v) is 15.7. The number of hydrogen-bond donors (Lipinski definition) is 1. The summed E-state index contributed by atoms with van der Waals surface area (Å²) in [4.78, 5) is 27.9. The number of aromatic nitrogens is 3. The molecule has 0 radical (unpaired) electrons. The van der Waals surface area contributed by atoms with E-state index in [1.807, 2.05) is 12.1 Å². The summed E-state index contributed by atoms with van der Waals surface area (Å²) < 4.78 is 17.2. The molecule has 0 saturated heterocycles. The van der Waals surface area contributed by atoms with Crippen molar-refractivity contribution in [1.29, 1.82) is 0 Å². The number of hydrogen-bond acceptors (Lipinski definition) is 3. The van der Waals surface area contributed by atoms with Crippen LogP contribution in [0.25, 0.3) is 22.0 Å². The van der Waals surface area contributed by atoms with Crippen molar-refractivity contribution in [2.75, 3.05) is 0 Å². The van der Waals surface area contributed by atoms with Crippen molar-refractivity contribution in [2.24, 2.45) is 0 Å². The van der Waals surface area contributed by atoms with Gasteiger partial charge in [0.05, 0.1) is 12.2 Å². The highest BCUT2D eigenvalue weighted by Crippen LogP contribution is 2.34. The second-order valence-corrected chi connectivity index (χ2v) is 6.81. The van der Waals surface area contributed by atoms with Gasteiger partial charge in [-0.05, 0) is 43.3 Å². The summed E-state index contributed by atoms with van der Waals surface area (Å²) in [6.07, 6.45) is 3.37. The van der Waals surface area contributed by atoms with Gasteiger partial charge in [0, 0.05) is 46.2 Å². The average molecular weight is 391 g/mol. The van der Waals surface area contributed by atoms with Crippen molar-refractivity contribution >= 4 is 16.9 Å². The lowest BCUT2D eigenvalue weighted by atomic mass is 10.0. The Kier molecular flexibility index (Phi) is 4.72. The monoisotopic (exact) mass is 391 g/mol. The molecule has 0 atom stereocenters. The van der Waals surface area contributed by atoms with E-state index >= 15 is 0 Å². The highest BCUT2D eigenvalue weighted by Gasteiger charge is 2.18. The van der Waals surface area contributed by atoms with Crippen molar-refractivity contribution < 1.29 is 14.3 Å². The minimum atomic E-state index is -0.985. The van der Waals surface area contributed by atoms with Crippen molar-refractivity contribution in [3.8, 4) is 11.1 Å². The summed E-state index contributed by atoms with van der Waals surface area (Å²) in [7, 11) is 0. The molecule has 4 aromatic rings. The molecule has 6 nitrogen and oxygen atoms in total. The SMILES string of the molecule is Cc1c(-c2ccc(=O)n(Cc3ccccn3)c2)c2cc(F)ccc2n1CC(=O)O. The average Bonchev–Trinajstić information content (AvgIpc) is 2.95. The Morgan fingerprint density at radius 3 is 2.72 bits per heavy atom. The van der Waals surface area contributed by atoms with Crippen LogP contribution in [0.4, 0.5) is 4.39 Å². The van der Waals surface area contributed by atoms with Crippen LogP contribution in [0.2, 0.25) is 0 Å². The van der Waals surface area contributed by atoms with Gasteiger partial charge in [0.2, 0.25) is 0 Å². The van der Waals surface area contributed by atoms with Crippen molar-refractivity contribution in [1.82, 2.24) is 14.1 Å². The number of carboxylic acids is 1. The standard InChI is InChI=1S/C22H18FN3O3/c1-14-22(18-10-16(23)6-7-19(18)26(14)13-21(28)29)15-5-8-20(27)25(11-15)12-17-4-2-3-9-24-17/h2-11H,12-13H2,1H3,(H,28,29). The predicted molar refractivity (Wildman–Crippen MR) is 107 cm³/mol. The third-order valence-electron chi connectivity index (χ3n) is 4.91. The number of fused-ring (bicyclic) bond motifs is 1. The first-order valence-corrected chi connectivity index (χ1v) is 9.05. The summed E-state index contributed by atoms with van der Waals surface area (Å²) in [5.41, 5.74) is 3.29. The van der Waals surface area contributed by atoms with E-state index in [0.717, 1.165) is 5.69 Å². The van der Waals surface area contributed by atoms with E-state index in [1.54, 1.807) is 42.1 Å². The summed E-state index contributed by atoms with van der Waals surface area (Å²) in [5, 5.41) is 9.89. The Morgan fingerprint density at radius 1 is 1.17 bits per heavy atom. The number of pyridine rings is 2. The molecule has 146 valence electrons. The zero-order valence-electron chi connectivity index (χ0n) is 15.7. The van der Waals surface area contributed by atoms with Crippen LogP contribution in [0.5, 0.6) is 0 Å². The fraction of sp³-hybridized carbons (Fsp3) is 0.136. The molecule has 1 aromatic carbocycles. The Bertz CT molecular complexity index is 1280. The van der Waals surface area contributed by atoms with Crippen LogP contribution in [-0.4, -0.2) is 25.2 Å². The number of carboxylic acid groups (broad SMARTS) is 1. The number of carbonyl (C=O) groups is 1. The second-order valence-electron chi connectivity index (χ2n) is 6.81. The van der Waals surface area contributed by atoms with Gasteiger partial charge in [0.15, 0.2) is 0 Å². The normalized spacial score (nSPS) is 11.1. The summed E-state index contributed by atoms with van der Waals surface area (Å²) in [6.45, 7) is 1.86. The smallest absolute Gasteiger partial charge is 0.323 e. The molecule has 3 heterocycles. The molecule has 1 N–H and O–H groups in total. The Hall–Kier alpha value is -3.74. The van der Waals surface area contributed by atoms with Crippen LogP contribution < -0.4 is 5.56 Å². The predicted octanol–water partition coefficient (Wildman–Crippen LogP) is 3.45. The molecule has 0 unspecified atom stereocenters. The largest absolute Gasteiger partial charge is 0.480 e. The van der Waals surface area contributed by atoms with Crippen LogP contribution in [0.3, 0.4) is 0 Å². The molecule has 29 heavy (non-hydrogen) atoms. The molecule has 0 aliphatic carbocycles. The van der Waals surface area contributed by atoms with Crippen molar-refractivity contribution in [3.63, 3.8) is 0 Å². The molecule has 3 aromatic heterocycles. The van der Waals surface area contributed by atoms with Gasteiger partial charge in [-0.1, -0.05) is 6.07 Å². The van der Waals surface area contributed by atoms with E-state index < -0.39 is 11.8 Å². The van der Waals surface area contributed by atoms with Gasteiger partial charge in [-0.2, -0.15) is 0 Å². The van der Waals surface area contributed by atoms with Gasteiger partial charge in [0.25, 0.3) is 5.56 Å². The van der Waals surface area contributed by atoms with Gasteiger partial charge >= 0.3 is 5.97 Å². The lowest BCUT2D eigenvalue weighted by Gasteiger charge is -2.09. The Morgan fingerprint density at radius 2 is 2.00 bits per heavy atom. The molecule has 0 fully saturated rings. The number of halogens is 1. The first-order chi connectivity index (χ1) is 13.9.